The van der Waals surface area contributed by atoms with E-state index in [2.05, 4.69) is 5.32 Å². The van der Waals surface area contributed by atoms with Crippen molar-refractivity contribution >= 4 is 23.8 Å². The van der Waals surface area contributed by atoms with Crippen LogP contribution < -0.4 is 14.8 Å². The van der Waals surface area contributed by atoms with E-state index in [-0.39, 0.29) is 31.1 Å². The minimum absolute atomic E-state index is 0.100. The second kappa shape index (κ2) is 7.51. The van der Waals surface area contributed by atoms with Gasteiger partial charge in [-0.3, -0.25) is 19.3 Å². The lowest BCUT2D eigenvalue weighted by atomic mass is 9.91. The molecular weight excluding hydrogens is 394 g/mol. The van der Waals surface area contributed by atoms with E-state index in [1.165, 1.54) is 7.11 Å². The lowest BCUT2D eigenvalue weighted by molar-refractivity contribution is -0.149. The molecule has 4 rings (SSSR count). The summed E-state index contributed by atoms with van der Waals surface area (Å²) in [6.07, 6.45) is 0.987. The van der Waals surface area contributed by atoms with Crippen LogP contribution in [-0.2, 0) is 24.7 Å². The fraction of sp³-hybridized carbons (Fsp3) is 0.500. The highest BCUT2D eigenvalue weighted by Gasteiger charge is 2.50. The molecule has 1 aromatic rings. The third kappa shape index (κ3) is 3.31. The molecule has 2 saturated heterocycles. The van der Waals surface area contributed by atoms with Gasteiger partial charge in [-0.1, -0.05) is 6.07 Å². The zero-order valence-corrected chi connectivity index (χ0v) is 16.8. The number of fused-ring (bicyclic) bond motifs is 1. The van der Waals surface area contributed by atoms with E-state index in [4.69, 9.17) is 14.2 Å². The number of urea groups is 1. The van der Waals surface area contributed by atoms with Gasteiger partial charge in [0.05, 0.1) is 13.0 Å². The van der Waals surface area contributed by atoms with E-state index in [1.807, 2.05) is 0 Å². The molecule has 4 amide bonds. The number of ether oxygens (including phenoxy) is 3. The summed E-state index contributed by atoms with van der Waals surface area (Å²) in [7, 11) is 1.34. The van der Waals surface area contributed by atoms with Gasteiger partial charge < -0.3 is 24.4 Å². The van der Waals surface area contributed by atoms with Gasteiger partial charge in [0.25, 0.3) is 5.91 Å². The summed E-state index contributed by atoms with van der Waals surface area (Å²) < 4.78 is 15.4. The Kier molecular flexibility index (Phi) is 5.00. The molecule has 1 N–H and O–H groups in total. The van der Waals surface area contributed by atoms with E-state index in [0.717, 1.165) is 4.90 Å². The number of methoxy groups -OCH3 is 1. The molecule has 30 heavy (non-hydrogen) atoms. The van der Waals surface area contributed by atoms with Gasteiger partial charge in [0.1, 0.15) is 12.1 Å². The van der Waals surface area contributed by atoms with Crippen LogP contribution in [0.2, 0.25) is 0 Å². The Balaban J connectivity index is 1.43. The van der Waals surface area contributed by atoms with Crippen LogP contribution in [0, 0.1) is 5.92 Å². The third-order valence-corrected chi connectivity index (χ3v) is 5.90. The number of hydrogen-bond donors (Lipinski definition) is 1. The molecule has 160 valence electrons. The molecule has 10 nitrogen and oxygen atoms in total. The van der Waals surface area contributed by atoms with Crippen molar-refractivity contribution in [3.63, 3.8) is 0 Å². The summed E-state index contributed by atoms with van der Waals surface area (Å²) in [6, 6.07) is 4.40. The van der Waals surface area contributed by atoms with E-state index in [9.17, 15) is 19.2 Å². The van der Waals surface area contributed by atoms with Crippen molar-refractivity contribution in [3.05, 3.63) is 23.8 Å². The Hall–Kier alpha value is -3.30. The molecule has 1 atom stereocenters. The minimum atomic E-state index is -1.31. The zero-order valence-electron chi connectivity index (χ0n) is 16.8. The predicted octanol–water partition coefficient (Wildman–Crippen LogP) is 0.594. The fourth-order valence-corrected chi connectivity index (χ4v) is 4.01. The average Bonchev–Trinajstić information content (AvgIpc) is 3.31. The lowest BCUT2D eigenvalue weighted by Gasteiger charge is -2.31. The normalized spacial score (nSPS) is 23.5. The van der Waals surface area contributed by atoms with Crippen molar-refractivity contribution in [2.45, 2.75) is 25.3 Å². The molecule has 0 unspecified atom stereocenters. The summed E-state index contributed by atoms with van der Waals surface area (Å²) in [5.41, 5.74) is -0.769. The smallest absolute Gasteiger partial charge is 0.325 e. The average molecular weight is 417 g/mol. The van der Waals surface area contributed by atoms with Crippen molar-refractivity contribution in [1.82, 2.24) is 15.1 Å². The molecule has 0 spiro atoms. The van der Waals surface area contributed by atoms with Gasteiger partial charge in [0, 0.05) is 13.1 Å². The monoisotopic (exact) mass is 417 g/mol. The number of rotatable bonds is 4. The standard InChI is InChI=1S/C20H23N3O7/c1-20(13-3-4-14-15(9-13)30-11-29-14)18(26)23(19(27)21-20)10-16(24)22-7-5-12(6-8-22)17(25)28-2/h3-4,9,12H,5-8,10-11H2,1-2H3,(H,21,27)/t20-/m1/s1. The number of hydrogen-bond acceptors (Lipinski definition) is 7. The number of piperidine rings is 1. The van der Waals surface area contributed by atoms with E-state index < -0.39 is 17.5 Å². The molecule has 1 aromatic carbocycles. The zero-order chi connectivity index (χ0) is 21.5. The quantitative estimate of drug-likeness (QED) is 0.563. The minimum Gasteiger partial charge on any atom is -0.469 e. The van der Waals surface area contributed by atoms with Crippen molar-refractivity contribution in [3.8, 4) is 11.5 Å². The maximum atomic E-state index is 13.1. The number of nitrogens with zero attached hydrogens (tertiary/aromatic N) is 2. The lowest BCUT2D eigenvalue weighted by Crippen LogP contribution is -2.47. The molecular formula is C20H23N3O7. The Bertz CT molecular complexity index is 910. The van der Waals surface area contributed by atoms with Gasteiger partial charge in [0.2, 0.25) is 12.7 Å². The van der Waals surface area contributed by atoms with Gasteiger partial charge >= 0.3 is 12.0 Å². The first-order valence-corrected chi connectivity index (χ1v) is 9.73. The first kappa shape index (κ1) is 20.0. The first-order valence-electron chi connectivity index (χ1n) is 9.73. The number of esters is 1. The van der Waals surface area contributed by atoms with Gasteiger partial charge in [-0.05, 0) is 37.5 Å². The van der Waals surface area contributed by atoms with Gasteiger partial charge in [-0.25, -0.2) is 4.79 Å². The summed E-state index contributed by atoms with van der Waals surface area (Å²) in [6.45, 7) is 2.09. The summed E-state index contributed by atoms with van der Waals surface area (Å²) in [5.74, 6) is -0.290. The molecule has 2 fully saturated rings. The Morgan fingerprint density at radius 2 is 1.90 bits per heavy atom. The highest BCUT2D eigenvalue weighted by Crippen LogP contribution is 2.37. The van der Waals surface area contributed by atoms with Crippen LogP contribution in [0.3, 0.4) is 0 Å². The number of imide groups is 1. The molecule has 0 aromatic heterocycles. The van der Waals surface area contributed by atoms with Crippen LogP contribution in [-0.4, -0.2) is 67.2 Å². The van der Waals surface area contributed by atoms with Gasteiger partial charge in [-0.15, -0.1) is 0 Å². The number of amides is 4. The highest BCUT2D eigenvalue weighted by atomic mass is 16.7. The van der Waals surface area contributed by atoms with Crippen LogP contribution in [0.1, 0.15) is 25.3 Å². The number of likely N-dealkylation sites (tertiary alicyclic amines) is 1. The summed E-state index contributed by atoms with van der Waals surface area (Å²) in [4.78, 5) is 52.4. The van der Waals surface area contributed by atoms with Crippen LogP contribution in [0.15, 0.2) is 18.2 Å². The van der Waals surface area contributed by atoms with E-state index in [1.54, 1.807) is 30.0 Å². The molecule has 10 heteroatoms. The largest absolute Gasteiger partial charge is 0.469 e. The van der Waals surface area contributed by atoms with Crippen molar-refractivity contribution in [1.29, 1.82) is 0 Å². The highest BCUT2D eigenvalue weighted by molar-refractivity contribution is 6.09. The van der Waals surface area contributed by atoms with E-state index in [0.29, 0.717) is 43.0 Å². The second-order valence-corrected chi connectivity index (χ2v) is 7.69. The van der Waals surface area contributed by atoms with Gasteiger partial charge in [0.15, 0.2) is 11.5 Å². The molecule has 0 bridgehead atoms. The van der Waals surface area contributed by atoms with Crippen LogP contribution in [0.5, 0.6) is 11.5 Å². The SMILES string of the molecule is COC(=O)C1CCN(C(=O)CN2C(=O)N[C@](C)(c3ccc4c(c3)OCO4)C2=O)CC1. The van der Waals surface area contributed by atoms with Crippen molar-refractivity contribution < 1.29 is 33.4 Å². The third-order valence-electron chi connectivity index (χ3n) is 5.90. The van der Waals surface area contributed by atoms with Crippen LogP contribution in [0.4, 0.5) is 4.79 Å². The Labute approximate surface area is 173 Å². The first-order chi connectivity index (χ1) is 14.3. The maximum Gasteiger partial charge on any atom is 0.325 e. The van der Waals surface area contributed by atoms with Gasteiger partial charge in [-0.2, -0.15) is 0 Å². The predicted molar refractivity (Wildman–Crippen MR) is 101 cm³/mol. The molecule has 0 aliphatic carbocycles. The Morgan fingerprint density at radius 3 is 2.60 bits per heavy atom. The molecule has 0 radical (unpaired) electrons. The molecule has 3 aliphatic heterocycles. The topological polar surface area (TPSA) is 114 Å². The number of carbonyl (C=O) groups excluding carboxylic acids is 4. The van der Waals surface area contributed by atoms with Crippen LogP contribution in [0.25, 0.3) is 0 Å². The summed E-state index contributed by atoms with van der Waals surface area (Å²) in [5, 5.41) is 2.68. The number of carbonyl (C=O) groups is 4. The van der Waals surface area contributed by atoms with Crippen molar-refractivity contribution in [2.24, 2.45) is 5.92 Å². The van der Waals surface area contributed by atoms with Crippen LogP contribution >= 0.6 is 0 Å². The second-order valence-electron chi connectivity index (χ2n) is 7.69. The molecule has 3 heterocycles. The maximum absolute atomic E-state index is 13.1. The number of benzene rings is 1. The fourth-order valence-electron chi connectivity index (χ4n) is 4.01. The van der Waals surface area contributed by atoms with E-state index >= 15 is 0 Å². The molecule has 0 saturated carbocycles. The number of nitrogens with one attached hydrogen (secondary N) is 1. The molecule has 3 aliphatic rings. The van der Waals surface area contributed by atoms with Crippen molar-refractivity contribution in [2.75, 3.05) is 33.5 Å². The Morgan fingerprint density at radius 1 is 1.20 bits per heavy atom. The summed E-state index contributed by atoms with van der Waals surface area (Å²) >= 11 is 0.